The Bertz CT molecular complexity index is 1080. The maximum absolute atomic E-state index is 12.9. The second-order valence-electron chi connectivity index (χ2n) is 7.56. The van der Waals surface area contributed by atoms with E-state index in [-0.39, 0.29) is 30.2 Å². The summed E-state index contributed by atoms with van der Waals surface area (Å²) in [6.45, 7) is 4.08. The van der Waals surface area contributed by atoms with Gasteiger partial charge in [-0.2, -0.15) is 13.2 Å². The van der Waals surface area contributed by atoms with Gasteiger partial charge in [-0.1, -0.05) is 0 Å². The topological polar surface area (TPSA) is 119 Å². The van der Waals surface area contributed by atoms with Crippen molar-refractivity contribution in [1.29, 1.82) is 0 Å². The minimum absolute atomic E-state index is 0.0855. The number of nitrogens with zero attached hydrogens (tertiary/aromatic N) is 2. The molecule has 172 valence electrons. The molecule has 0 saturated carbocycles. The molecule has 1 aliphatic rings. The number of amides is 2. The summed E-state index contributed by atoms with van der Waals surface area (Å²) in [7, 11) is 0. The van der Waals surface area contributed by atoms with Crippen molar-refractivity contribution in [3.63, 3.8) is 0 Å². The molecule has 0 aliphatic carbocycles. The van der Waals surface area contributed by atoms with Crippen molar-refractivity contribution in [1.82, 2.24) is 0 Å². The van der Waals surface area contributed by atoms with E-state index in [0.717, 1.165) is 17.0 Å². The number of thiophene rings is 1. The standard InChI is InChI=1S/C20H21F3N4O4S/c1-10-11(2)32-19(16(10)17(24)28)25-18(29)12-5-7-26(8-6-12)14-4-3-13(20(21,22)23)9-15(14)27(30)31/h3-4,9,12H,5-8H2,1-2H3,(H2,24,28)(H,25,29). The van der Waals surface area contributed by atoms with Gasteiger partial charge in [-0.25, -0.2) is 0 Å². The molecule has 3 rings (SSSR count). The van der Waals surface area contributed by atoms with Crippen LogP contribution in [0.15, 0.2) is 18.2 Å². The zero-order valence-corrected chi connectivity index (χ0v) is 18.1. The molecule has 2 aromatic rings. The zero-order chi connectivity index (χ0) is 23.8. The molecule has 2 heterocycles. The van der Waals surface area contributed by atoms with E-state index in [0.29, 0.717) is 29.5 Å². The van der Waals surface area contributed by atoms with E-state index in [1.165, 1.54) is 11.3 Å². The molecule has 1 aromatic heterocycles. The van der Waals surface area contributed by atoms with E-state index in [1.807, 2.05) is 6.92 Å². The molecule has 1 aromatic carbocycles. The van der Waals surface area contributed by atoms with Gasteiger partial charge in [-0.05, 0) is 44.4 Å². The van der Waals surface area contributed by atoms with E-state index < -0.39 is 34.2 Å². The number of carbonyl (C=O) groups is 2. The maximum Gasteiger partial charge on any atom is 0.416 e. The summed E-state index contributed by atoms with van der Waals surface area (Å²) in [6, 6.07) is 2.44. The van der Waals surface area contributed by atoms with Crippen molar-refractivity contribution in [3.8, 4) is 0 Å². The number of benzene rings is 1. The molecule has 0 spiro atoms. The Kier molecular flexibility index (Phi) is 6.44. The average molecular weight is 470 g/mol. The number of hydrogen-bond acceptors (Lipinski definition) is 6. The van der Waals surface area contributed by atoms with Crippen LogP contribution >= 0.6 is 11.3 Å². The lowest BCUT2D eigenvalue weighted by Gasteiger charge is -2.32. The Balaban J connectivity index is 1.72. The quantitative estimate of drug-likeness (QED) is 0.500. The van der Waals surface area contributed by atoms with Gasteiger partial charge in [0.2, 0.25) is 5.91 Å². The molecule has 12 heteroatoms. The van der Waals surface area contributed by atoms with Gasteiger partial charge in [0.1, 0.15) is 10.7 Å². The first kappa shape index (κ1) is 23.5. The van der Waals surface area contributed by atoms with Gasteiger partial charge in [0.25, 0.3) is 11.6 Å². The molecular weight excluding hydrogens is 449 g/mol. The SMILES string of the molecule is Cc1sc(NC(=O)C2CCN(c3ccc(C(F)(F)F)cc3[N+](=O)[O-])CC2)c(C(N)=O)c1C. The number of aryl methyl sites for hydroxylation is 1. The highest BCUT2D eigenvalue weighted by Crippen LogP contribution is 2.38. The van der Waals surface area contributed by atoms with E-state index in [9.17, 15) is 32.9 Å². The van der Waals surface area contributed by atoms with Gasteiger partial charge < -0.3 is 16.0 Å². The minimum atomic E-state index is -4.68. The van der Waals surface area contributed by atoms with Crippen LogP contribution in [0.3, 0.4) is 0 Å². The number of hydrogen-bond donors (Lipinski definition) is 2. The number of carbonyl (C=O) groups excluding carboxylic acids is 2. The van der Waals surface area contributed by atoms with Crippen LogP contribution in [-0.4, -0.2) is 29.8 Å². The van der Waals surface area contributed by atoms with E-state index in [4.69, 9.17) is 5.73 Å². The van der Waals surface area contributed by atoms with Crippen LogP contribution in [0.2, 0.25) is 0 Å². The summed E-state index contributed by atoms with van der Waals surface area (Å²) in [6.07, 6.45) is -3.99. The van der Waals surface area contributed by atoms with Crippen molar-refractivity contribution in [2.75, 3.05) is 23.3 Å². The first-order valence-corrected chi connectivity index (χ1v) is 10.5. The van der Waals surface area contributed by atoms with Crippen molar-refractivity contribution >= 4 is 39.5 Å². The molecule has 0 radical (unpaired) electrons. The largest absolute Gasteiger partial charge is 0.416 e. The van der Waals surface area contributed by atoms with E-state index >= 15 is 0 Å². The third-order valence-corrected chi connectivity index (χ3v) is 6.70. The van der Waals surface area contributed by atoms with Crippen LogP contribution in [0, 0.1) is 29.9 Å². The van der Waals surface area contributed by atoms with Crippen LogP contribution in [0.1, 0.15) is 39.2 Å². The monoisotopic (exact) mass is 470 g/mol. The Morgan fingerprint density at radius 2 is 1.88 bits per heavy atom. The Hall–Kier alpha value is -3.15. The summed E-state index contributed by atoms with van der Waals surface area (Å²) in [4.78, 5) is 37.4. The second-order valence-corrected chi connectivity index (χ2v) is 8.79. The molecule has 32 heavy (non-hydrogen) atoms. The fourth-order valence-electron chi connectivity index (χ4n) is 3.72. The fraction of sp³-hybridized carbons (Fsp3) is 0.400. The molecule has 1 aliphatic heterocycles. The first-order chi connectivity index (χ1) is 14.9. The molecule has 0 atom stereocenters. The third kappa shape index (κ3) is 4.69. The van der Waals surface area contributed by atoms with Crippen LogP contribution in [0.25, 0.3) is 0 Å². The Labute approximate surface area is 185 Å². The molecule has 0 unspecified atom stereocenters. The van der Waals surface area contributed by atoms with E-state index in [2.05, 4.69) is 5.32 Å². The number of nitro benzene ring substituents is 1. The van der Waals surface area contributed by atoms with Crippen LogP contribution in [-0.2, 0) is 11.0 Å². The summed E-state index contributed by atoms with van der Waals surface area (Å²) in [5.41, 5.74) is 4.78. The van der Waals surface area contributed by atoms with Gasteiger partial charge in [-0.3, -0.25) is 19.7 Å². The van der Waals surface area contributed by atoms with Gasteiger partial charge in [0.15, 0.2) is 0 Å². The number of nitrogens with two attached hydrogens (primary N) is 1. The summed E-state index contributed by atoms with van der Waals surface area (Å²) >= 11 is 1.26. The lowest BCUT2D eigenvalue weighted by molar-refractivity contribution is -0.384. The normalized spacial score (nSPS) is 15.0. The molecule has 1 saturated heterocycles. The number of nitrogens with one attached hydrogen (secondary N) is 1. The molecular formula is C20H21F3N4O4S. The molecule has 1 fully saturated rings. The van der Waals surface area contributed by atoms with Crippen LogP contribution in [0.4, 0.5) is 29.5 Å². The number of anilines is 2. The third-order valence-electron chi connectivity index (χ3n) is 5.57. The van der Waals surface area contributed by atoms with E-state index in [1.54, 1.807) is 11.8 Å². The number of rotatable bonds is 5. The average Bonchev–Trinajstić information content (AvgIpc) is 3.00. The number of halogens is 3. The van der Waals surface area contributed by atoms with Gasteiger partial charge in [-0.15, -0.1) is 11.3 Å². The lowest BCUT2D eigenvalue weighted by atomic mass is 9.95. The van der Waals surface area contributed by atoms with Crippen molar-refractivity contribution in [2.24, 2.45) is 11.7 Å². The Morgan fingerprint density at radius 3 is 2.41 bits per heavy atom. The number of alkyl halides is 3. The first-order valence-electron chi connectivity index (χ1n) is 9.71. The summed E-state index contributed by atoms with van der Waals surface area (Å²) in [5, 5.41) is 14.5. The second kappa shape index (κ2) is 8.77. The smallest absolute Gasteiger partial charge is 0.366 e. The number of piperidine rings is 1. The summed E-state index contributed by atoms with van der Waals surface area (Å²) < 4.78 is 38.8. The molecule has 0 bridgehead atoms. The number of nitro groups is 1. The van der Waals surface area contributed by atoms with Crippen molar-refractivity contribution in [3.05, 3.63) is 49.9 Å². The predicted molar refractivity (Wildman–Crippen MR) is 114 cm³/mol. The fourth-order valence-corrected chi connectivity index (χ4v) is 4.79. The molecule has 2 amide bonds. The zero-order valence-electron chi connectivity index (χ0n) is 17.3. The highest BCUT2D eigenvalue weighted by molar-refractivity contribution is 7.16. The Morgan fingerprint density at radius 1 is 1.25 bits per heavy atom. The van der Waals surface area contributed by atoms with Gasteiger partial charge in [0.05, 0.1) is 16.1 Å². The number of primary amides is 1. The van der Waals surface area contributed by atoms with Gasteiger partial charge >= 0.3 is 6.18 Å². The van der Waals surface area contributed by atoms with Crippen LogP contribution in [0.5, 0.6) is 0 Å². The maximum atomic E-state index is 12.9. The minimum Gasteiger partial charge on any atom is -0.366 e. The lowest BCUT2D eigenvalue weighted by Crippen LogP contribution is -2.38. The predicted octanol–water partition coefficient (Wildman–Crippen LogP) is 4.25. The van der Waals surface area contributed by atoms with Crippen molar-refractivity contribution in [2.45, 2.75) is 32.9 Å². The summed E-state index contributed by atoms with van der Waals surface area (Å²) in [5.74, 6) is -1.34. The van der Waals surface area contributed by atoms with Crippen molar-refractivity contribution < 1.29 is 27.7 Å². The molecule has 8 nitrogen and oxygen atoms in total. The molecule has 3 N–H and O–H groups in total. The van der Waals surface area contributed by atoms with Gasteiger partial charge in [0, 0.05) is 30.0 Å². The highest BCUT2D eigenvalue weighted by atomic mass is 32.1. The van der Waals surface area contributed by atoms with Crippen LogP contribution < -0.4 is 16.0 Å². The highest BCUT2D eigenvalue weighted by Gasteiger charge is 2.35.